The third-order valence-electron chi connectivity index (χ3n) is 4.26. The molecule has 132 valence electrons. The molecular formula is C19H23N3O2S. The van der Waals surface area contributed by atoms with Crippen molar-refractivity contribution in [3.05, 3.63) is 51.7 Å². The monoisotopic (exact) mass is 357 g/mol. The molecular weight excluding hydrogens is 334 g/mol. The maximum Gasteiger partial charge on any atom is 0.251 e. The summed E-state index contributed by atoms with van der Waals surface area (Å²) >= 11 is 1.77. The summed E-state index contributed by atoms with van der Waals surface area (Å²) < 4.78 is 0. The maximum absolute atomic E-state index is 12.5. The van der Waals surface area contributed by atoms with Crippen LogP contribution in [0.4, 0.5) is 5.69 Å². The van der Waals surface area contributed by atoms with E-state index in [0.717, 1.165) is 25.1 Å². The molecule has 1 aliphatic rings. The molecule has 0 bridgehead atoms. The Morgan fingerprint density at radius 2 is 2.16 bits per heavy atom. The Hall–Kier alpha value is -2.34. The van der Waals surface area contributed by atoms with E-state index in [4.69, 9.17) is 0 Å². The first kappa shape index (κ1) is 17.5. The summed E-state index contributed by atoms with van der Waals surface area (Å²) in [4.78, 5) is 27.8. The van der Waals surface area contributed by atoms with E-state index >= 15 is 0 Å². The van der Waals surface area contributed by atoms with E-state index in [1.54, 1.807) is 23.5 Å². The van der Waals surface area contributed by atoms with E-state index in [-0.39, 0.29) is 18.4 Å². The molecule has 2 heterocycles. The van der Waals surface area contributed by atoms with Gasteiger partial charge in [0.2, 0.25) is 5.91 Å². The van der Waals surface area contributed by atoms with Gasteiger partial charge in [0.1, 0.15) is 0 Å². The lowest BCUT2D eigenvalue weighted by Gasteiger charge is -2.27. The van der Waals surface area contributed by atoms with Gasteiger partial charge in [0.15, 0.2) is 0 Å². The van der Waals surface area contributed by atoms with Crippen LogP contribution >= 0.6 is 11.3 Å². The molecule has 3 rings (SSSR count). The molecule has 2 N–H and O–H groups in total. The second-order valence-electron chi connectivity index (χ2n) is 6.12. The number of nitrogens with one attached hydrogen (secondary N) is 2. The van der Waals surface area contributed by atoms with Gasteiger partial charge in [-0.2, -0.15) is 0 Å². The number of rotatable bonds is 6. The number of hydrogen-bond donors (Lipinski definition) is 2. The summed E-state index contributed by atoms with van der Waals surface area (Å²) in [5, 5.41) is 8.09. The second-order valence-corrected chi connectivity index (χ2v) is 7.13. The highest BCUT2D eigenvalue weighted by Gasteiger charge is 2.21. The summed E-state index contributed by atoms with van der Waals surface area (Å²) in [6.07, 6.45) is 1.84. The van der Waals surface area contributed by atoms with Crippen LogP contribution in [0.3, 0.4) is 0 Å². The number of benzene rings is 1. The zero-order valence-corrected chi connectivity index (χ0v) is 15.2. The molecule has 6 heteroatoms. The highest BCUT2D eigenvalue weighted by atomic mass is 32.1. The topological polar surface area (TPSA) is 61.4 Å². The Balaban J connectivity index is 1.55. The van der Waals surface area contributed by atoms with E-state index in [1.165, 1.54) is 10.4 Å². The quantitative estimate of drug-likeness (QED) is 0.836. The molecule has 0 unspecified atom stereocenters. The Labute approximate surface area is 152 Å². The van der Waals surface area contributed by atoms with Crippen molar-refractivity contribution in [3.8, 4) is 0 Å². The third-order valence-corrected chi connectivity index (χ3v) is 5.29. The highest BCUT2D eigenvalue weighted by molar-refractivity contribution is 7.10. The predicted molar refractivity (Wildman–Crippen MR) is 101 cm³/mol. The molecule has 0 saturated carbocycles. The molecule has 0 radical (unpaired) electrons. The molecule has 1 aliphatic heterocycles. The average Bonchev–Trinajstić information content (AvgIpc) is 3.12. The van der Waals surface area contributed by atoms with Crippen molar-refractivity contribution in [2.75, 3.05) is 25.0 Å². The molecule has 2 aromatic rings. The summed E-state index contributed by atoms with van der Waals surface area (Å²) in [6.45, 7) is 4.38. The Morgan fingerprint density at radius 1 is 1.28 bits per heavy atom. The Morgan fingerprint density at radius 3 is 3.00 bits per heavy atom. The average molecular weight is 357 g/mol. The summed E-state index contributed by atoms with van der Waals surface area (Å²) in [7, 11) is 0. The molecule has 0 fully saturated rings. The summed E-state index contributed by atoms with van der Waals surface area (Å²) in [5.74, 6) is -0.00414. The van der Waals surface area contributed by atoms with Gasteiger partial charge in [-0.05, 0) is 48.1 Å². The van der Waals surface area contributed by atoms with Crippen molar-refractivity contribution < 1.29 is 9.59 Å². The SMILES string of the molecule is CCCNC(=O)c1cccc(NCC(=O)N2CCc3sccc3C2)c1. The van der Waals surface area contributed by atoms with Crippen molar-refractivity contribution in [2.45, 2.75) is 26.3 Å². The van der Waals surface area contributed by atoms with E-state index in [1.807, 2.05) is 24.0 Å². The first-order chi connectivity index (χ1) is 12.2. The molecule has 0 aliphatic carbocycles. The van der Waals surface area contributed by atoms with Gasteiger partial charge < -0.3 is 15.5 Å². The number of carbonyl (C=O) groups excluding carboxylic acids is 2. The van der Waals surface area contributed by atoms with Crippen LogP contribution in [0.25, 0.3) is 0 Å². The lowest BCUT2D eigenvalue weighted by Crippen LogP contribution is -2.38. The van der Waals surface area contributed by atoms with Crippen LogP contribution in [-0.4, -0.2) is 36.3 Å². The van der Waals surface area contributed by atoms with Gasteiger partial charge in [-0.1, -0.05) is 13.0 Å². The van der Waals surface area contributed by atoms with Crippen LogP contribution in [0.2, 0.25) is 0 Å². The molecule has 1 aromatic heterocycles. The largest absolute Gasteiger partial charge is 0.376 e. The number of nitrogens with zero attached hydrogens (tertiary/aromatic N) is 1. The zero-order chi connectivity index (χ0) is 17.6. The Kier molecular flexibility index (Phi) is 5.71. The number of hydrogen-bond acceptors (Lipinski definition) is 4. The van der Waals surface area contributed by atoms with Crippen molar-refractivity contribution in [3.63, 3.8) is 0 Å². The van der Waals surface area contributed by atoms with Gasteiger partial charge in [0.25, 0.3) is 5.91 Å². The van der Waals surface area contributed by atoms with Crippen molar-refractivity contribution in [2.24, 2.45) is 0 Å². The lowest BCUT2D eigenvalue weighted by atomic mass is 10.1. The minimum Gasteiger partial charge on any atom is -0.376 e. The highest BCUT2D eigenvalue weighted by Crippen LogP contribution is 2.24. The predicted octanol–water partition coefficient (Wildman–Crippen LogP) is 2.88. The van der Waals surface area contributed by atoms with Gasteiger partial charge in [-0.15, -0.1) is 11.3 Å². The van der Waals surface area contributed by atoms with Crippen LogP contribution in [-0.2, 0) is 17.8 Å². The zero-order valence-electron chi connectivity index (χ0n) is 14.4. The fourth-order valence-corrected chi connectivity index (χ4v) is 3.75. The standard InChI is InChI=1S/C19H23N3O2S/c1-2-8-20-19(24)14-4-3-5-16(11-14)21-12-18(23)22-9-6-17-15(13-22)7-10-25-17/h3-5,7,10-11,21H,2,6,8-9,12-13H2,1H3,(H,20,24). The smallest absolute Gasteiger partial charge is 0.251 e. The lowest BCUT2D eigenvalue weighted by molar-refractivity contribution is -0.130. The molecule has 0 atom stereocenters. The summed E-state index contributed by atoms with van der Waals surface area (Å²) in [5.41, 5.74) is 2.65. The first-order valence-electron chi connectivity index (χ1n) is 8.62. The molecule has 0 saturated heterocycles. The number of anilines is 1. The molecule has 5 nitrogen and oxygen atoms in total. The van der Waals surface area contributed by atoms with Crippen molar-refractivity contribution in [1.29, 1.82) is 0 Å². The second kappa shape index (κ2) is 8.16. The maximum atomic E-state index is 12.5. The van der Waals surface area contributed by atoms with Crippen molar-refractivity contribution in [1.82, 2.24) is 10.2 Å². The van der Waals surface area contributed by atoms with Crippen LogP contribution in [0.15, 0.2) is 35.7 Å². The third kappa shape index (κ3) is 4.39. The molecule has 25 heavy (non-hydrogen) atoms. The first-order valence-corrected chi connectivity index (χ1v) is 9.50. The van der Waals surface area contributed by atoms with Gasteiger partial charge in [-0.25, -0.2) is 0 Å². The molecule has 0 spiro atoms. The summed E-state index contributed by atoms with van der Waals surface area (Å²) in [6, 6.07) is 9.36. The van der Waals surface area contributed by atoms with Gasteiger partial charge in [0.05, 0.1) is 6.54 Å². The van der Waals surface area contributed by atoms with Crippen LogP contribution in [0.1, 0.15) is 34.1 Å². The fraction of sp³-hybridized carbons (Fsp3) is 0.368. The van der Waals surface area contributed by atoms with Gasteiger partial charge >= 0.3 is 0 Å². The molecule has 1 aromatic carbocycles. The minimum absolute atomic E-state index is 0.0812. The number of thiophene rings is 1. The van der Waals surface area contributed by atoms with Gasteiger partial charge in [0, 0.05) is 35.8 Å². The van der Waals surface area contributed by atoms with Crippen molar-refractivity contribution >= 4 is 28.8 Å². The number of carbonyl (C=O) groups is 2. The van der Waals surface area contributed by atoms with Crippen LogP contribution in [0, 0.1) is 0 Å². The number of amides is 2. The van der Waals surface area contributed by atoms with Crippen LogP contribution in [0.5, 0.6) is 0 Å². The normalized spacial score (nSPS) is 13.2. The van der Waals surface area contributed by atoms with E-state index in [9.17, 15) is 9.59 Å². The van der Waals surface area contributed by atoms with E-state index in [0.29, 0.717) is 18.7 Å². The van der Waals surface area contributed by atoms with E-state index in [2.05, 4.69) is 22.1 Å². The Bertz CT molecular complexity index is 757. The molecule has 2 amide bonds. The van der Waals surface area contributed by atoms with Gasteiger partial charge in [-0.3, -0.25) is 9.59 Å². The fourth-order valence-electron chi connectivity index (χ4n) is 2.86. The van der Waals surface area contributed by atoms with Crippen LogP contribution < -0.4 is 10.6 Å². The minimum atomic E-state index is -0.0853. The van der Waals surface area contributed by atoms with E-state index < -0.39 is 0 Å². The number of fused-ring (bicyclic) bond motifs is 1.